The number of likely N-dealkylation sites (N-methyl/N-ethyl adjacent to an activating group) is 1. The third-order valence-electron chi connectivity index (χ3n) is 3.83. The number of ether oxygens (including phenoxy) is 1. The second-order valence-corrected chi connectivity index (χ2v) is 5.68. The van der Waals surface area contributed by atoms with Gasteiger partial charge in [0.1, 0.15) is 5.75 Å². The molecule has 5 heteroatoms. The molecular weight excluding hydrogens is 306 g/mol. The van der Waals surface area contributed by atoms with Crippen LogP contribution in [0.3, 0.4) is 0 Å². The number of carbonyl (C=O) groups excluding carboxylic acids is 1. The Morgan fingerprint density at radius 1 is 1.12 bits per heavy atom. The van der Waals surface area contributed by atoms with Crippen molar-refractivity contribution in [3.63, 3.8) is 0 Å². The minimum atomic E-state index is -1.04. The van der Waals surface area contributed by atoms with Crippen molar-refractivity contribution in [2.45, 2.75) is 13.3 Å². The zero-order valence-corrected chi connectivity index (χ0v) is 14.1. The summed E-state index contributed by atoms with van der Waals surface area (Å²) < 4.78 is 5.31. The third kappa shape index (κ3) is 4.13. The van der Waals surface area contributed by atoms with Crippen molar-refractivity contribution in [3.8, 4) is 5.75 Å². The zero-order chi connectivity index (χ0) is 17.7. The van der Waals surface area contributed by atoms with Gasteiger partial charge in [-0.25, -0.2) is 4.79 Å². The molecule has 0 unspecified atom stereocenters. The standard InChI is InChI=1S/C19H21NO4/c1-13-10-15(12-16(11-13)19(22)23)18(21)20(2)9-8-14-6-4-5-7-17(14)24-3/h4-7,10-12H,8-9H2,1-3H3,(H,22,23). The molecular formula is C19H21NO4. The maximum absolute atomic E-state index is 12.5. The molecule has 1 N–H and O–H groups in total. The van der Waals surface area contributed by atoms with E-state index >= 15 is 0 Å². The molecule has 0 aliphatic heterocycles. The topological polar surface area (TPSA) is 66.8 Å². The highest BCUT2D eigenvalue weighted by Gasteiger charge is 2.15. The molecule has 126 valence electrons. The number of benzene rings is 2. The molecule has 0 aromatic heterocycles. The molecule has 2 aromatic rings. The monoisotopic (exact) mass is 327 g/mol. The van der Waals surface area contributed by atoms with Gasteiger partial charge < -0.3 is 14.7 Å². The van der Waals surface area contributed by atoms with Gasteiger partial charge in [0.25, 0.3) is 5.91 Å². The van der Waals surface area contributed by atoms with E-state index in [2.05, 4.69) is 0 Å². The lowest BCUT2D eigenvalue weighted by Gasteiger charge is -2.18. The van der Waals surface area contributed by atoms with Crippen LogP contribution in [0, 0.1) is 6.92 Å². The van der Waals surface area contributed by atoms with Gasteiger partial charge in [-0.2, -0.15) is 0 Å². The van der Waals surface area contributed by atoms with E-state index in [1.54, 1.807) is 38.1 Å². The minimum absolute atomic E-state index is 0.122. The fourth-order valence-electron chi connectivity index (χ4n) is 2.55. The van der Waals surface area contributed by atoms with Crippen molar-refractivity contribution >= 4 is 11.9 Å². The van der Waals surface area contributed by atoms with E-state index in [-0.39, 0.29) is 11.5 Å². The van der Waals surface area contributed by atoms with E-state index < -0.39 is 5.97 Å². The first-order valence-electron chi connectivity index (χ1n) is 7.64. The summed E-state index contributed by atoms with van der Waals surface area (Å²) in [6.07, 6.45) is 0.657. The number of hydrogen-bond acceptors (Lipinski definition) is 3. The summed E-state index contributed by atoms with van der Waals surface area (Å²) >= 11 is 0. The van der Waals surface area contributed by atoms with Gasteiger partial charge in [-0.3, -0.25) is 4.79 Å². The summed E-state index contributed by atoms with van der Waals surface area (Å²) in [6.45, 7) is 2.29. The highest BCUT2D eigenvalue weighted by atomic mass is 16.5. The second kappa shape index (κ2) is 7.64. The van der Waals surface area contributed by atoms with Gasteiger partial charge in [0.15, 0.2) is 0 Å². The summed E-state index contributed by atoms with van der Waals surface area (Å²) in [5, 5.41) is 9.13. The highest BCUT2D eigenvalue weighted by Crippen LogP contribution is 2.18. The number of carbonyl (C=O) groups is 2. The molecule has 0 spiro atoms. The quantitative estimate of drug-likeness (QED) is 0.885. The number of aromatic carboxylic acids is 1. The second-order valence-electron chi connectivity index (χ2n) is 5.68. The van der Waals surface area contributed by atoms with Gasteiger partial charge in [0, 0.05) is 19.2 Å². The molecule has 0 radical (unpaired) electrons. The molecule has 0 aliphatic carbocycles. The number of carboxylic acids is 1. The number of rotatable bonds is 6. The van der Waals surface area contributed by atoms with Crippen molar-refractivity contribution < 1.29 is 19.4 Å². The Morgan fingerprint density at radius 3 is 2.46 bits per heavy atom. The smallest absolute Gasteiger partial charge is 0.335 e. The minimum Gasteiger partial charge on any atom is -0.496 e. The van der Waals surface area contributed by atoms with E-state index in [1.165, 1.54) is 6.07 Å². The van der Waals surface area contributed by atoms with Crippen LogP contribution in [0.15, 0.2) is 42.5 Å². The normalized spacial score (nSPS) is 10.3. The first kappa shape index (κ1) is 17.5. The lowest BCUT2D eigenvalue weighted by molar-refractivity contribution is 0.0696. The summed E-state index contributed by atoms with van der Waals surface area (Å²) in [4.78, 5) is 25.3. The Morgan fingerprint density at radius 2 is 1.79 bits per heavy atom. The van der Waals surface area contributed by atoms with Gasteiger partial charge in [-0.1, -0.05) is 18.2 Å². The first-order valence-corrected chi connectivity index (χ1v) is 7.64. The maximum Gasteiger partial charge on any atom is 0.335 e. The summed E-state index contributed by atoms with van der Waals surface area (Å²) in [6, 6.07) is 12.3. The zero-order valence-electron chi connectivity index (χ0n) is 14.1. The van der Waals surface area contributed by atoms with Crippen LogP contribution in [0.1, 0.15) is 31.8 Å². The number of para-hydroxylation sites is 1. The molecule has 0 fully saturated rings. The highest BCUT2D eigenvalue weighted by molar-refractivity contribution is 5.97. The number of carboxylic acid groups (broad SMARTS) is 1. The van der Waals surface area contributed by atoms with Crippen LogP contribution in [0.5, 0.6) is 5.75 Å². The first-order chi connectivity index (χ1) is 11.4. The van der Waals surface area contributed by atoms with E-state index in [9.17, 15) is 9.59 Å². The molecule has 0 saturated carbocycles. The number of methoxy groups -OCH3 is 1. The molecule has 2 aromatic carbocycles. The predicted molar refractivity (Wildman–Crippen MR) is 91.8 cm³/mol. The van der Waals surface area contributed by atoms with Gasteiger partial charge >= 0.3 is 5.97 Å². The van der Waals surface area contributed by atoms with Crippen molar-refractivity contribution in [3.05, 3.63) is 64.7 Å². The summed E-state index contributed by atoms with van der Waals surface area (Å²) in [7, 11) is 3.33. The van der Waals surface area contributed by atoms with Crippen LogP contribution in [-0.2, 0) is 6.42 Å². The number of nitrogens with zero attached hydrogens (tertiary/aromatic N) is 1. The van der Waals surface area contributed by atoms with E-state index in [1.807, 2.05) is 24.3 Å². The molecule has 2 rings (SSSR count). The van der Waals surface area contributed by atoms with Gasteiger partial charge in [0.2, 0.25) is 0 Å². The Hall–Kier alpha value is -2.82. The van der Waals surface area contributed by atoms with Crippen LogP contribution in [0.4, 0.5) is 0 Å². The maximum atomic E-state index is 12.5. The lowest BCUT2D eigenvalue weighted by Crippen LogP contribution is -2.29. The molecule has 24 heavy (non-hydrogen) atoms. The molecule has 0 aliphatic rings. The van der Waals surface area contributed by atoms with Gasteiger partial charge in [0.05, 0.1) is 12.7 Å². The van der Waals surface area contributed by atoms with Crippen LogP contribution in [0.2, 0.25) is 0 Å². The number of hydrogen-bond donors (Lipinski definition) is 1. The number of aryl methyl sites for hydroxylation is 1. The van der Waals surface area contributed by atoms with Crippen LogP contribution < -0.4 is 4.74 Å². The number of amides is 1. The Balaban J connectivity index is 2.11. The van der Waals surface area contributed by atoms with Gasteiger partial charge in [-0.15, -0.1) is 0 Å². The molecule has 1 amide bonds. The van der Waals surface area contributed by atoms with Crippen molar-refractivity contribution in [1.82, 2.24) is 4.90 Å². The SMILES string of the molecule is COc1ccccc1CCN(C)C(=O)c1cc(C)cc(C(=O)O)c1. The van der Waals surface area contributed by atoms with Crippen LogP contribution in [-0.4, -0.2) is 42.6 Å². The molecule has 0 saturated heterocycles. The predicted octanol–water partition coefficient (Wildman–Crippen LogP) is 3.02. The lowest BCUT2D eigenvalue weighted by atomic mass is 10.1. The molecule has 0 atom stereocenters. The van der Waals surface area contributed by atoms with Crippen LogP contribution in [0.25, 0.3) is 0 Å². The fourth-order valence-corrected chi connectivity index (χ4v) is 2.55. The van der Waals surface area contributed by atoms with E-state index in [0.717, 1.165) is 16.9 Å². The summed E-state index contributed by atoms with van der Waals surface area (Å²) in [5.41, 5.74) is 2.28. The fraction of sp³-hybridized carbons (Fsp3) is 0.263. The van der Waals surface area contributed by atoms with E-state index in [0.29, 0.717) is 18.5 Å². The third-order valence-corrected chi connectivity index (χ3v) is 3.83. The average Bonchev–Trinajstić information content (AvgIpc) is 2.58. The Labute approximate surface area is 141 Å². The summed E-state index contributed by atoms with van der Waals surface area (Å²) in [5.74, 6) is -0.442. The van der Waals surface area contributed by atoms with Crippen molar-refractivity contribution in [2.75, 3.05) is 20.7 Å². The van der Waals surface area contributed by atoms with Crippen molar-refractivity contribution in [1.29, 1.82) is 0 Å². The van der Waals surface area contributed by atoms with Crippen LogP contribution >= 0.6 is 0 Å². The Kier molecular flexibility index (Phi) is 5.58. The largest absolute Gasteiger partial charge is 0.496 e. The average molecular weight is 327 g/mol. The molecule has 0 heterocycles. The van der Waals surface area contributed by atoms with Crippen molar-refractivity contribution in [2.24, 2.45) is 0 Å². The van der Waals surface area contributed by atoms with E-state index in [4.69, 9.17) is 9.84 Å². The molecule has 0 bridgehead atoms. The Bertz CT molecular complexity index is 755. The van der Waals surface area contributed by atoms with Gasteiger partial charge in [-0.05, 0) is 48.7 Å². The molecule has 5 nitrogen and oxygen atoms in total.